The summed E-state index contributed by atoms with van der Waals surface area (Å²) in [6.07, 6.45) is 1.71. The molecule has 3 nitrogen and oxygen atoms in total. The van der Waals surface area contributed by atoms with E-state index in [0.29, 0.717) is 5.75 Å². The molecule has 0 saturated carbocycles. The van der Waals surface area contributed by atoms with Crippen LogP contribution in [-0.4, -0.2) is 11.0 Å². The van der Waals surface area contributed by atoms with Crippen LogP contribution in [0.25, 0.3) is 10.9 Å². The van der Waals surface area contributed by atoms with Gasteiger partial charge in [0.1, 0.15) is 0 Å². The van der Waals surface area contributed by atoms with Gasteiger partial charge in [-0.05, 0) is 39.0 Å². The zero-order chi connectivity index (χ0) is 12.6. The van der Waals surface area contributed by atoms with E-state index >= 15 is 0 Å². The molecule has 2 aromatic rings. The molecule has 0 bridgehead atoms. The van der Waals surface area contributed by atoms with Crippen molar-refractivity contribution in [3.05, 3.63) is 28.9 Å². The van der Waals surface area contributed by atoms with E-state index in [1.165, 1.54) is 0 Å². The van der Waals surface area contributed by atoms with Crippen LogP contribution in [0.3, 0.4) is 0 Å². The van der Waals surface area contributed by atoms with Gasteiger partial charge in [-0.1, -0.05) is 15.9 Å². The number of fused-ring (bicyclic) bond motifs is 1. The Balaban J connectivity index is 2.35. The number of H-pyrrole nitrogens is 1. The Morgan fingerprint density at radius 3 is 2.71 bits per heavy atom. The first kappa shape index (κ1) is 12.2. The maximum Gasteiger partial charge on any atom is 0.316 e. The van der Waals surface area contributed by atoms with Crippen LogP contribution in [-0.2, 0) is 4.79 Å². The lowest BCUT2D eigenvalue weighted by Gasteiger charge is -2.15. The van der Waals surface area contributed by atoms with Gasteiger partial charge in [0.2, 0.25) is 0 Å². The van der Waals surface area contributed by atoms with Crippen LogP contribution in [0.4, 0.5) is 0 Å². The smallest absolute Gasteiger partial charge is 0.316 e. The van der Waals surface area contributed by atoms with Crippen molar-refractivity contribution in [2.75, 3.05) is 0 Å². The molecule has 1 heterocycles. The average molecular weight is 296 g/mol. The second-order valence-corrected chi connectivity index (χ2v) is 5.90. The number of benzene rings is 1. The van der Waals surface area contributed by atoms with Crippen molar-refractivity contribution in [2.24, 2.45) is 5.41 Å². The van der Waals surface area contributed by atoms with Crippen molar-refractivity contribution in [2.45, 2.75) is 20.8 Å². The number of nitrogens with one attached hydrogen (secondary N) is 1. The number of ether oxygens (including phenoxy) is 1. The van der Waals surface area contributed by atoms with E-state index in [2.05, 4.69) is 20.9 Å². The molecule has 0 amide bonds. The third-order valence-corrected chi connectivity index (χ3v) is 2.91. The number of esters is 1. The van der Waals surface area contributed by atoms with Gasteiger partial charge in [0, 0.05) is 16.1 Å². The van der Waals surface area contributed by atoms with Gasteiger partial charge < -0.3 is 9.72 Å². The Labute approximate surface area is 108 Å². The van der Waals surface area contributed by atoms with Crippen LogP contribution in [0.5, 0.6) is 5.75 Å². The van der Waals surface area contributed by atoms with Crippen molar-refractivity contribution < 1.29 is 9.53 Å². The van der Waals surface area contributed by atoms with Crippen LogP contribution < -0.4 is 4.74 Å². The molecule has 1 aromatic heterocycles. The predicted molar refractivity (Wildman–Crippen MR) is 71.1 cm³/mol. The predicted octanol–water partition coefficient (Wildman–Crippen LogP) is 3.88. The lowest BCUT2D eigenvalue weighted by atomic mass is 9.97. The van der Waals surface area contributed by atoms with Crippen molar-refractivity contribution in [1.29, 1.82) is 0 Å². The largest absolute Gasteiger partial charge is 0.424 e. The third kappa shape index (κ3) is 2.52. The van der Waals surface area contributed by atoms with Crippen molar-refractivity contribution in [3.8, 4) is 5.75 Å². The third-order valence-electron chi connectivity index (χ3n) is 2.42. The van der Waals surface area contributed by atoms with E-state index in [-0.39, 0.29) is 5.97 Å². The highest BCUT2D eigenvalue weighted by molar-refractivity contribution is 9.10. The van der Waals surface area contributed by atoms with Gasteiger partial charge >= 0.3 is 5.97 Å². The molecule has 0 fully saturated rings. The zero-order valence-electron chi connectivity index (χ0n) is 10.0. The molecule has 90 valence electrons. The van der Waals surface area contributed by atoms with Gasteiger partial charge in [-0.2, -0.15) is 0 Å². The van der Waals surface area contributed by atoms with Crippen LogP contribution in [0.1, 0.15) is 20.8 Å². The number of halogens is 1. The number of aromatic nitrogens is 1. The highest BCUT2D eigenvalue weighted by atomic mass is 79.9. The Morgan fingerprint density at radius 2 is 2.06 bits per heavy atom. The minimum absolute atomic E-state index is 0.235. The first-order chi connectivity index (χ1) is 7.88. The molecule has 0 atom stereocenters. The minimum atomic E-state index is -0.501. The molecule has 0 aliphatic heterocycles. The molecule has 0 unspecified atom stereocenters. The first-order valence-corrected chi connectivity index (χ1v) is 6.16. The van der Waals surface area contributed by atoms with Crippen LogP contribution in [0.15, 0.2) is 28.9 Å². The highest BCUT2D eigenvalue weighted by Crippen LogP contribution is 2.29. The highest BCUT2D eigenvalue weighted by Gasteiger charge is 2.24. The number of rotatable bonds is 1. The Morgan fingerprint density at radius 1 is 1.35 bits per heavy atom. The summed E-state index contributed by atoms with van der Waals surface area (Å²) < 4.78 is 6.37. The van der Waals surface area contributed by atoms with Gasteiger partial charge in [0.05, 0.1) is 10.9 Å². The molecule has 1 N–H and O–H groups in total. The molecule has 2 rings (SSSR count). The maximum absolute atomic E-state index is 11.8. The summed E-state index contributed by atoms with van der Waals surface area (Å²) in [6.45, 7) is 5.50. The number of hydrogen-bond acceptors (Lipinski definition) is 2. The van der Waals surface area contributed by atoms with E-state index in [1.807, 2.05) is 39.0 Å². The minimum Gasteiger partial charge on any atom is -0.424 e. The summed E-state index contributed by atoms with van der Waals surface area (Å²) in [6, 6.07) is 5.79. The lowest BCUT2D eigenvalue weighted by Crippen LogP contribution is -2.25. The number of hydrogen-bond donors (Lipinski definition) is 1. The van der Waals surface area contributed by atoms with Crippen molar-refractivity contribution in [3.63, 3.8) is 0 Å². The van der Waals surface area contributed by atoms with E-state index < -0.39 is 5.41 Å². The maximum atomic E-state index is 11.8. The molecule has 1 aromatic carbocycles. The first-order valence-electron chi connectivity index (χ1n) is 5.37. The number of carbonyl (C=O) groups is 1. The van der Waals surface area contributed by atoms with E-state index in [4.69, 9.17) is 4.74 Å². The van der Waals surface area contributed by atoms with Gasteiger partial charge in [-0.3, -0.25) is 4.79 Å². The monoisotopic (exact) mass is 295 g/mol. The van der Waals surface area contributed by atoms with Crippen molar-refractivity contribution in [1.82, 2.24) is 4.98 Å². The fourth-order valence-corrected chi connectivity index (χ4v) is 1.77. The van der Waals surface area contributed by atoms with Gasteiger partial charge in [-0.25, -0.2) is 0 Å². The van der Waals surface area contributed by atoms with Gasteiger partial charge in [0.15, 0.2) is 5.75 Å². The molecule has 0 radical (unpaired) electrons. The molecule has 17 heavy (non-hydrogen) atoms. The summed E-state index contributed by atoms with van der Waals surface area (Å²) in [5.74, 6) is 0.341. The molecule has 0 aliphatic carbocycles. The molecular weight excluding hydrogens is 282 g/mol. The van der Waals surface area contributed by atoms with E-state index in [9.17, 15) is 4.79 Å². The molecule has 0 saturated heterocycles. The van der Waals surface area contributed by atoms with Crippen LogP contribution in [0.2, 0.25) is 0 Å². The molecule has 4 heteroatoms. The topological polar surface area (TPSA) is 42.1 Å². The Hall–Kier alpha value is -1.29. The second-order valence-electron chi connectivity index (χ2n) is 4.98. The fourth-order valence-electron chi connectivity index (χ4n) is 1.41. The normalized spacial score (nSPS) is 11.8. The average Bonchev–Trinajstić information content (AvgIpc) is 2.59. The summed E-state index contributed by atoms with van der Waals surface area (Å²) in [4.78, 5) is 14.9. The number of aromatic amines is 1. The van der Waals surface area contributed by atoms with E-state index in [0.717, 1.165) is 15.4 Å². The summed E-state index contributed by atoms with van der Waals surface area (Å²) in [5.41, 5.74) is 0.440. The second kappa shape index (κ2) is 4.18. The summed E-state index contributed by atoms with van der Waals surface area (Å²) in [5, 5.41) is 0.908. The van der Waals surface area contributed by atoms with Gasteiger partial charge in [-0.15, -0.1) is 0 Å². The molecular formula is C13H14BrNO2. The SMILES string of the molecule is CC(C)(C)C(=O)Oc1c[nH]c2cc(Br)ccc12. The van der Waals surface area contributed by atoms with Crippen LogP contribution in [0, 0.1) is 5.41 Å². The number of carbonyl (C=O) groups excluding carboxylic acids is 1. The standard InChI is InChI=1S/C13H14BrNO2/c1-13(2,3)12(16)17-11-7-15-10-6-8(14)4-5-9(10)11/h4-7,15H,1-3H3. The van der Waals surface area contributed by atoms with E-state index in [1.54, 1.807) is 6.20 Å². The Bertz CT molecular complexity index is 566. The molecule has 0 aliphatic rings. The summed E-state index contributed by atoms with van der Waals surface area (Å²) >= 11 is 3.40. The molecule has 0 spiro atoms. The lowest BCUT2D eigenvalue weighted by molar-refractivity contribution is -0.142. The zero-order valence-corrected chi connectivity index (χ0v) is 11.6. The quantitative estimate of drug-likeness (QED) is 0.811. The van der Waals surface area contributed by atoms with Crippen molar-refractivity contribution >= 4 is 32.8 Å². The fraction of sp³-hybridized carbons (Fsp3) is 0.308. The van der Waals surface area contributed by atoms with Crippen LogP contribution >= 0.6 is 15.9 Å². The Kier molecular flexibility index (Phi) is 3.00. The van der Waals surface area contributed by atoms with Gasteiger partial charge in [0.25, 0.3) is 0 Å². The summed E-state index contributed by atoms with van der Waals surface area (Å²) in [7, 11) is 0.